The van der Waals surface area contributed by atoms with Crippen LogP contribution in [-0.2, 0) is 4.79 Å². The summed E-state index contributed by atoms with van der Waals surface area (Å²) < 4.78 is 11.2. The van der Waals surface area contributed by atoms with Crippen LogP contribution in [0.1, 0.15) is 47.7 Å². The standard InChI is InChI=1S/C22H28N2O4/c1-4-5-8-14-27-20-12-7-6-11-18(20)22(26)24-23-21(25)15-28-19-13-9-10-16(2)17(19)3/h6-7,9-13H,4-5,8,14-15H2,1-3H3,(H,23,25)(H,24,26). The largest absolute Gasteiger partial charge is 0.493 e. The van der Waals surface area contributed by atoms with Crippen LogP contribution in [0.5, 0.6) is 11.5 Å². The predicted molar refractivity (Wildman–Crippen MR) is 108 cm³/mol. The Bertz CT molecular complexity index is 805. The molecule has 0 spiro atoms. The zero-order chi connectivity index (χ0) is 20.4. The Labute approximate surface area is 166 Å². The molecule has 150 valence electrons. The number of aryl methyl sites for hydroxylation is 1. The number of ether oxygens (including phenoxy) is 2. The molecule has 0 aromatic heterocycles. The summed E-state index contributed by atoms with van der Waals surface area (Å²) in [6.07, 6.45) is 3.10. The van der Waals surface area contributed by atoms with Gasteiger partial charge in [-0.05, 0) is 49.6 Å². The molecular formula is C22H28N2O4. The Hall–Kier alpha value is -3.02. The van der Waals surface area contributed by atoms with Crippen LogP contribution in [0.4, 0.5) is 0 Å². The van der Waals surface area contributed by atoms with Gasteiger partial charge in [0.15, 0.2) is 6.61 Å². The molecule has 2 rings (SSSR count). The van der Waals surface area contributed by atoms with Crippen molar-refractivity contribution in [3.05, 3.63) is 59.2 Å². The van der Waals surface area contributed by atoms with Crippen molar-refractivity contribution in [2.24, 2.45) is 0 Å². The van der Waals surface area contributed by atoms with Crippen LogP contribution < -0.4 is 20.3 Å². The average Bonchev–Trinajstić information content (AvgIpc) is 2.71. The van der Waals surface area contributed by atoms with Gasteiger partial charge >= 0.3 is 0 Å². The SMILES string of the molecule is CCCCCOc1ccccc1C(=O)NNC(=O)COc1cccc(C)c1C. The summed E-state index contributed by atoms with van der Waals surface area (Å²) in [5, 5.41) is 0. The Morgan fingerprint density at radius 3 is 2.43 bits per heavy atom. The fraction of sp³-hybridized carbons (Fsp3) is 0.364. The van der Waals surface area contributed by atoms with E-state index in [1.807, 2.05) is 32.0 Å². The molecule has 2 amide bonds. The van der Waals surface area contributed by atoms with Crippen molar-refractivity contribution in [2.45, 2.75) is 40.0 Å². The van der Waals surface area contributed by atoms with E-state index in [-0.39, 0.29) is 6.61 Å². The monoisotopic (exact) mass is 384 g/mol. The minimum atomic E-state index is -0.449. The third-order valence-electron chi connectivity index (χ3n) is 4.37. The number of hydrogen-bond acceptors (Lipinski definition) is 4. The number of rotatable bonds is 9. The maximum absolute atomic E-state index is 12.4. The van der Waals surface area contributed by atoms with Gasteiger partial charge in [0.25, 0.3) is 11.8 Å². The van der Waals surface area contributed by atoms with E-state index < -0.39 is 11.8 Å². The molecule has 0 aliphatic rings. The van der Waals surface area contributed by atoms with Gasteiger partial charge in [0.2, 0.25) is 0 Å². The second-order valence-electron chi connectivity index (χ2n) is 6.54. The van der Waals surface area contributed by atoms with Crippen molar-refractivity contribution in [3.63, 3.8) is 0 Å². The zero-order valence-electron chi connectivity index (χ0n) is 16.7. The van der Waals surface area contributed by atoms with Crippen LogP contribution in [0.3, 0.4) is 0 Å². The fourth-order valence-electron chi connectivity index (χ4n) is 2.57. The Morgan fingerprint density at radius 2 is 1.64 bits per heavy atom. The van der Waals surface area contributed by atoms with Crippen molar-refractivity contribution in [1.29, 1.82) is 0 Å². The van der Waals surface area contributed by atoms with E-state index in [0.29, 0.717) is 23.7 Å². The van der Waals surface area contributed by atoms with Crippen LogP contribution >= 0.6 is 0 Å². The molecule has 0 saturated heterocycles. The highest BCUT2D eigenvalue weighted by Crippen LogP contribution is 2.20. The van der Waals surface area contributed by atoms with Crippen molar-refractivity contribution in [3.8, 4) is 11.5 Å². The molecule has 0 heterocycles. The highest BCUT2D eigenvalue weighted by atomic mass is 16.5. The first-order valence-corrected chi connectivity index (χ1v) is 9.53. The lowest BCUT2D eigenvalue weighted by Crippen LogP contribution is -2.44. The van der Waals surface area contributed by atoms with Crippen LogP contribution in [0.25, 0.3) is 0 Å². The summed E-state index contributed by atoms with van der Waals surface area (Å²) in [4.78, 5) is 24.4. The van der Waals surface area contributed by atoms with Crippen LogP contribution in [0.2, 0.25) is 0 Å². The Morgan fingerprint density at radius 1 is 0.893 bits per heavy atom. The number of nitrogens with one attached hydrogen (secondary N) is 2. The lowest BCUT2D eigenvalue weighted by atomic mass is 10.1. The maximum atomic E-state index is 12.4. The summed E-state index contributed by atoms with van der Waals surface area (Å²) in [6.45, 7) is 6.38. The zero-order valence-corrected chi connectivity index (χ0v) is 16.7. The molecule has 0 saturated carbocycles. The van der Waals surface area contributed by atoms with Gasteiger partial charge in [-0.25, -0.2) is 0 Å². The van der Waals surface area contributed by atoms with Gasteiger partial charge in [0, 0.05) is 0 Å². The number of hydrogen-bond donors (Lipinski definition) is 2. The third kappa shape index (κ3) is 6.30. The maximum Gasteiger partial charge on any atom is 0.276 e. The number of benzene rings is 2. The number of hydrazine groups is 1. The number of unbranched alkanes of at least 4 members (excludes halogenated alkanes) is 2. The fourth-order valence-corrected chi connectivity index (χ4v) is 2.57. The number of para-hydroxylation sites is 1. The van der Waals surface area contributed by atoms with E-state index in [1.54, 1.807) is 24.3 Å². The number of amides is 2. The molecule has 6 nitrogen and oxygen atoms in total. The van der Waals surface area contributed by atoms with Gasteiger partial charge in [-0.2, -0.15) is 0 Å². The summed E-state index contributed by atoms with van der Waals surface area (Å²) in [5.74, 6) is 0.256. The molecule has 0 atom stereocenters. The van der Waals surface area contributed by atoms with E-state index in [0.717, 1.165) is 30.4 Å². The van der Waals surface area contributed by atoms with E-state index in [4.69, 9.17) is 9.47 Å². The van der Waals surface area contributed by atoms with Crippen molar-refractivity contribution in [1.82, 2.24) is 10.9 Å². The predicted octanol–water partition coefficient (Wildman–Crippen LogP) is 3.71. The van der Waals surface area contributed by atoms with E-state index in [1.165, 1.54) is 0 Å². The van der Waals surface area contributed by atoms with Gasteiger partial charge in [0.05, 0.1) is 12.2 Å². The molecule has 0 fully saturated rings. The Kier molecular flexibility index (Phi) is 8.34. The molecule has 0 radical (unpaired) electrons. The van der Waals surface area contributed by atoms with Gasteiger partial charge in [-0.3, -0.25) is 20.4 Å². The lowest BCUT2D eigenvalue weighted by Gasteiger charge is -2.13. The first-order chi connectivity index (χ1) is 13.5. The normalized spacial score (nSPS) is 10.2. The highest BCUT2D eigenvalue weighted by molar-refractivity contribution is 5.97. The van der Waals surface area contributed by atoms with Gasteiger partial charge in [0.1, 0.15) is 11.5 Å². The molecule has 2 aromatic carbocycles. The van der Waals surface area contributed by atoms with Gasteiger partial charge in [-0.15, -0.1) is 0 Å². The topological polar surface area (TPSA) is 76.7 Å². The van der Waals surface area contributed by atoms with Crippen LogP contribution in [-0.4, -0.2) is 25.0 Å². The molecule has 2 N–H and O–H groups in total. The lowest BCUT2D eigenvalue weighted by molar-refractivity contribution is -0.123. The second-order valence-corrected chi connectivity index (χ2v) is 6.54. The first kappa shape index (κ1) is 21.3. The Balaban J connectivity index is 1.84. The van der Waals surface area contributed by atoms with E-state index >= 15 is 0 Å². The van der Waals surface area contributed by atoms with Gasteiger partial charge < -0.3 is 9.47 Å². The second kappa shape index (κ2) is 11.0. The van der Waals surface area contributed by atoms with Crippen LogP contribution in [0, 0.1) is 13.8 Å². The first-order valence-electron chi connectivity index (χ1n) is 9.53. The smallest absolute Gasteiger partial charge is 0.276 e. The van der Waals surface area contributed by atoms with Crippen LogP contribution in [0.15, 0.2) is 42.5 Å². The quantitative estimate of drug-likeness (QED) is 0.510. The number of carbonyl (C=O) groups is 2. The molecule has 0 unspecified atom stereocenters. The van der Waals surface area contributed by atoms with Gasteiger partial charge in [-0.1, -0.05) is 44.0 Å². The molecule has 0 aliphatic carbocycles. The summed E-state index contributed by atoms with van der Waals surface area (Å²) >= 11 is 0. The number of carbonyl (C=O) groups excluding carboxylic acids is 2. The summed E-state index contributed by atoms with van der Waals surface area (Å²) in [6, 6.07) is 12.6. The third-order valence-corrected chi connectivity index (χ3v) is 4.37. The molecule has 28 heavy (non-hydrogen) atoms. The van der Waals surface area contributed by atoms with E-state index in [9.17, 15) is 9.59 Å². The minimum absolute atomic E-state index is 0.195. The highest BCUT2D eigenvalue weighted by Gasteiger charge is 2.13. The molecule has 2 aromatic rings. The van der Waals surface area contributed by atoms with Crippen molar-refractivity contribution >= 4 is 11.8 Å². The van der Waals surface area contributed by atoms with Crippen molar-refractivity contribution in [2.75, 3.05) is 13.2 Å². The van der Waals surface area contributed by atoms with E-state index in [2.05, 4.69) is 17.8 Å². The molecule has 0 aliphatic heterocycles. The minimum Gasteiger partial charge on any atom is -0.493 e. The van der Waals surface area contributed by atoms with Crippen molar-refractivity contribution < 1.29 is 19.1 Å². The summed E-state index contributed by atoms with van der Waals surface area (Å²) in [5.41, 5.74) is 7.21. The molecule has 0 bridgehead atoms. The average molecular weight is 384 g/mol. The molecular weight excluding hydrogens is 356 g/mol. The summed E-state index contributed by atoms with van der Waals surface area (Å²) in [7, 11) is 0. The molecule has 6 heteroatoms.